The molecule has 0 fully saturated rings. The van der Waals surface area contributed by atoms with Crippen molar-refractivity contribution in [2.75, 3.05) is 6.54 Å². The molecule has 0 aromatic carbocycles. The van der Waals surface area contributed by atoms with Gasteiger partial charge in [0.15, 0.2) is 0 Å². The van der Waals surface area contributed by atoms with E-state index in [4.69, 9.17) is 0 Å². The first-order valence-corrected chi connectivity index (χ1v) is 4.45. The second-order valence-corrected chi connectivity index (χ2v) is 3.90. The summed E-state index contributed by atoms with van der Waals surface area (Å²) in [7, 11) is -3.75. The van der Waals surface area contributed by atoms with Gasteiger partial charge >= 0.3 is 0 Å². The van der Waals surface area contributed by atoms with E-state index in [-0.39, 0.29) is 0 Å². The molecule has 0 aromatic rings. The fourth-order valence-corrected chi connectivity index (χ4v) is 0.729. The van der Waals surface area contributed by atoms with E-state index in [1.807, 2.05) is 0 Å². The number of hydrogen-bond acceptors (Lipinski definition) is 2. The Morgan fingerprint density at radius 3 is 2.11 bits per heavy atom. The lowest BCUT2D eigenvalue weighted by atomic mass is 10.7. The second kappa shape index (κ2) is 3.33. The van der Waals surface area contributed by atoms with Gasteiger partial charge in [-0.25, -0.2) is 21.9 Å². The predicted molar refractivity (Wildman–Crippen MR) is 31.9 cm³/mol. The van der Waals surface area contributed by atoms with Gasteiger partial charge in [0.1, 0.15) is 0 Å². The van der Waals surface area contributed by atoms with Crippen LogP contribution in [0.2, 0.25) is 0 Å². The first kappa shape index (κ1) is 9.12. The fraction of sp³-hybridized carbons (Fsp3) is 1.00. The van der Waals surface area contributed by atoms with Gasteiger partial charge in [0.25, 0.3) is 15.5 Å². The van der Waals surface area contributed by atoms with E-state index in [0.717, 1.165) is 0 Å². The maximum absolute atomic E-state index is 11.2. The summed E-state index contributed by atoms with van der Waals surface area (Å²) in [4.78, 5) is 0. The molecule has 9 heavy (non-hydrogen) atoms. The van der Waals surface area contributed by atoms with Gasteiger partial charge in [0.05, 0.1) is 6.54 Å². The molecule has 0 aliphatic rings. The Morgan fingerprint density at radius 1 is 1.56 bits per heavy atom. The number of alkyl halides is 2. The lowest BCUT2D eigenvalue weighted by Gasteiger charge is -1.97. The smallest absolute Gasteiger partial charge is 0.209 e. The Morgan fingerprint density at radius 2 is 2.00 bits per heavy atom. The molecular weight excluding hydrogens is 172 g/mol. The van der Waals surface area contributed by atoms with Gasteiger partial charge in [0, 0.05) is 0 Å². The first-order valence-electron chi connectivity index (χ1n) is 1.92. The summed E-state index contributed by atoms with van der Waals surface area (Å²) < 4.78 is 43.8. The molecule has 0 bridgehead atoms. The molecule has 0 radical (unpaired) electrons. The van der Waals surface area contributed by atoms with Crippen molar-refractivity contribution in [2.45, 2.75) is 6.43 Å². The zero-order valence-corrected chi connectivity index (χ0v) is 5.92. The molecule has 3 nitrogen and oxygen atoms in total. The molecule has 0 aromatic heterocycles. The van der Waals surface area contributed by atoms with Gasteiger partial charge in [-0.3, -0.25) is 0 Å². The molecule has 0 aliphatic heterocycles. The zero-order valence-electron chi connectivity index (χ0n) is 4.21. The van der Waals surface area contributed by atoms with E-state index < -0.39 is 22.0 Å². The Bertz CT molecular complexity index is 165. The zero-order chi connectivity index (χ0) is 7.49. The Hall–Kier alpha value is 0.120. The minimum Gasteiger partial charge on any atom is -0.209 e. The van der Waals surface area contributed by atoms with Crippen molar-refractivity contribution in [1.82, 2.24) is 4.72 Å². The molecule has 0 spiro atoms. The molecule has 0 heterocycles. The third-order valence-electron chi connectivity index (χ3n) is 0.420. The van der Waals surface area contributed by atoms with E-state index in [0.29, 0.717) is 0 Å². The molecule has 0 unspecified atom stereocenters. The van der Waals surface area contributed by atoms with Crippen LogP contribution in [0.5, 0.6) is 0 Å². The van der Waals surface area contributed by atoms with Gasteiger partial charge < -0.3 is 0 Å². The van der Waals surface area contributed by atoms with Crippen molar-refractivity contribution >= 4 is 20.7 Å². The molecule has 0 amide bonds. The molecule has 0 saturated carbocycles. The summed E-state index contributed by atoms with van der Waals surface area (Å²) in [5.41, 5.74) is 0. The summed E-state index contributed by atoms with van der Waals surface area (Å²) in [6, 6.07) is 0. The summed E-state index contributed by atoms with van der Waals surface area (Å²) >= 11 is 2.96. The summed E-state index contributed by atoms with van der Waals surface area (Å²) in [6.45, 7) is -0.883. The third-order valence-corrected chi connectivity index (χ3v) is 1.34. The standard InChI is InChI=1S/C2H5F2NO2S2/c3-2(4)1-5-9(6,7)8/h2,5H,1H2,(H,6,7,8). The van der Waals surface area contributed by atoms with Gasteiger partial charge in [-0.2, -0.15) is 0 Å². The number of hydrogen-bond donors (Lipinski definition) is 2. The van der Waals surface area contributed by atoms with Crippen LogP contribution in [0.25, 0.3) is 0 Å². The summed E-state index contributed by atoms with van der Waals surface area (Å²) in [5.74, 6) is 0. The van der Waals surface area contributed by atoms with Crippen molar-refractivity contribution in [3.63, 3.8) is 0 Å². The highest BCUT2D eigenvalue weighted by molar-refractivity contribution is 8.62. The Labute approximate surface area is 56.3 Å². The normalized spacial score (nSPS) is 12.4. The van der Waals surface area contributed by atoms with Crippen molar-refractivity contribution < 1.29 is 17.2 Å². The Kier molecular flexibility index (Phi) is 3.37. The lowest BCUT2D eigenvalue weighted by Crippen LogP contribution is -2.24. The maximum atomic E-state index is 11.2. The van der Waals surface area contributed by atoms with Gasteiger partial charge in [-0.05, 0) is 11.7 Å². The van der Waals surface area contributed by atoms with E-state index in [1.54, 1.807) is 0 Å². The van der Waals surface area contributed by atoms with Crippen LogP contribution >= 0.6 is 11.7 Å². The number of rotatable bonds is 3. The van der Waals surface area contributed by atoms with Crippen LogP contribution < -0.4 is 4.72 Å². The molecule has 56 valence electrons. The SMILES string of the molecule is O=S(=O)(S)NCC(F)F. The molecule has 7 heteroatoms. The van der Waals surface area contributed by atoms with Crippen LogP contribution in [-0.4, -0.2) is 21.4 Å². The van der Waals surface area contributed by atoms with Crippen molar-refractivity contribution in [2.24, 2.45) is 0 Å². The average Bonchev–Trinajstić information content (AvgIpc) is 1.59. The molecular formula is C2H5F2NO2S2. The maximum Gasteiger partial charge on any atom is 0.262 e. The van der Waals surface area contributed by atoms with Crippen molar-refractivity contribution in [3.8, 4) is 0 Å². The van der Waals surface area contributed by atoms with Crippen LogP contribution in [0.4, 0.5) is 8.78 Å². The van der Waals surface area contributed by atoms with Crippen molar-refractivity contribution in [1.29, 1.82) is 0 Å². The van der Waals surface area contributed by atoms with E-state index in [2.05, 4.69) is 11.7 Å². The average molecular weight is 177 g/mol. The van der Waals surface area contributed by atoms with Crippen LogP contribution in [0.3, 0.4) is 0 Å². The van der Waals surface area contributed by atoms with E-state index in [9.17, 15) is 17.2 Å². The predicted octanol–water partition coefficient (Wildman–Crippen LogP) is 0.0157. The van der Waals surface area contributed by atoms with Crippen LogP contribution in [0.15, 0.2) is 0 Å². The Balaban J connectivity index is 3.53. The largest absolute Gasteiger partial charge is 0.262 e. The van der Waals surface area contributed by atoms with E-state index in [1.165, 1.54) is 4.72 Å². The number of halogens is 2. The highest BCUT2D eigenvalue weighted by atomic mass is 33.1. The summed E-state index contributed by atoms with van der Waals surface area (Å²) in [6.07, 6.45) is -2.67. The molecule has 0 saturated heterocycles. The molecule has 0 atom stereocenters. The minimum atomic E-state index is -3.75. The van der Waals surface area contributed by atoms with Crippen LogP contribution in [0.1, 0.15) is 0 Å². The molecule has 1 N–H and O–H groups in total. The van der Waals surface area contributed by atoms with Gasteiger partial charge in [0.2, 0.25) is 0 Å². The third kappa shape index (κ3) is 8.12. The van der Waals surface area contributed by atoms with Crippen molar-refractivity contribution in [3.05, 3.63) is 0 Å². The monoisotopic (exact) mass is 177 g/mol. The second-order valence-electron chi connectivity index (χ2n) is 1.21. The van der Waals surface area contributed by atoms with E-state index >= 15 is 0 Å². The number of nitrogens with one attached hydrogen (secondary N) is 1. The highest BCUT2D eigenvalue weighted by Crippen LogP contribution is 1.92. The van der Waals surface area contributed by atoms with Crippen LogP contribution in [0, 0.1) is 0 Å². The summed E-state index contributed by atoms with van der Waals surface area (Å²) in [5, 5.41) is 0. The molecule has 0 aliphatic carbocycles. The molecule has 0 rings (SSSR count). The van der Waals surface area contributed by atoms with Gasteiger partial charge in [-0.15, -0.1) is 0 Å². The highest BCUT2D eigenvalue weighted by Gasteiger charge is 2.06. The quantitative estimate of drug-likeness (QED) is 0.471. The number of thiol groups is 1. The lowest BCUT2D eigenvalue weighted by molar-refractivity contribution is 0.153. The first-order chi connectivity index (χ1) is 3.92. The fourth-order valence-electron chi connectivity index (χ4n) is 0.168. The topological polar surface area (TPSA) is 46.2 Å². The minimum absolute atomic E-state index is 0.883. The van der Waals surface area contributed by atoms with Crippen LogP contribution in [-0.2, 0) is 9.06 Å². The van der Waals surface area contributed by atoms with Gasteiger partial charge in [-0.1, -0.05) is 0 Å².